The number of nitrogens with zero attached hydrogens (tertiary/aromatic N) is 3. The molecule has 1 aliphatic rings. The van der Waals surface area contributed by atoms with E-state index in [4.69, 9.17) is 0 Å². The lowest BCUT2D eigenvalue weighted by Crippen LogP contribution is -2.21. The van der Waals surface area contributed by atoms with Crippen molar-refractivity contribution in [2.75, 3.05) is 10.6 Å². The predicted octanol–water partition coefficient (Wildman–Crippen LogP) is 4.50. The molecule has 2 aromatic carbocycles. The van der Waals surface area contributed by atoms with Crippen molar-refractivity contribution < 1.29 is 31.1 Å². The molecular weight excluding hydrogens is 499 g/mol. The molecule has 186 valence electrons. The molecule has 0 aliphatic carbocycles. The van der Waals surface area contributed by atoms with Gasteiger partial charge in [0.25, 0.3) is 10.0 Å². The molecule has 0 saturated carbocycles. The van der Waals surface area contributed by atoms with Crippen molar-refractivity contribution in [1.82, 2.24) is 14.2 Å². The second-order valence-electron chi connectivity index (χ2n) is 8.06. The standard InChI is InChI=1S/C23H18F3N5O4S/c1-13-16-12-27-21(28-15-7-8-17-14(10-15)6-9-22(32)29-17)11-18(16)31(30-13)36(33,34)20-5-3-2-4-19(20)35-23(24,25)26/h2-5,7-8,10-12H,6,9H2,1H3,(H,27,28)(H,29,32). The number of pyridine rings is 1. The third kappa shape index (κ3) is 4.44. The van der Waals surface area contributed by atoms with Crippen LogP contribution < -0.4 is 15.4 Å². The summed E-state index contributed by atoms with van der Waals surface area (Å²) in [6.07, 6.45) is -2.70. The van der Waals surface area contributed by atoms with Crippen molar-refractivity contribution in [3.05, 3.63) is 66.0 Å². The third-order valence-corrected chi connectivity index (χ3v) is 7.20. The molecule has 36 heavy (non-hydrogen) atoms. The van der Waals surface area contributed by atoms with Crippen molar-refractivity contribution >= 4 is 44.0 Å². The Bertz CT molecular complexity index is 1620. The smallest absolute Gasteiger partial charge is 0.404 e. The topological polar surface area (TPSA) is 115 Å². The minimum absolute atomic E-state index is 0.0534. The molecule has 5 rings (SSSR count). The lowest BCUT2D eigenvalue weighted by Gasteiger charge is -2.18. The Morgan fingerprint density at radius 2 is 1.89 bits per heavy atom. The van der Waals surface area contributed by atoms with E-state index in [1.54, 1.807) is 19.1 Å². The van der Waals surface area contributed by atoms with Gasteiger partial charge in [-0.2, -0.15) is 17.6 Å². The molecule has 2 N–H and O–H groups in total. The number of para-hydroxylation sites is 1. The van der Waals surface area contributed by atoms with Crippen LogP contribution in [0.5, 0.6) is 5.75 Å². The van der Waals surface area contributed by atoms with Gasteiger partial charge in [-0.25, -0.2) is 4.98 Å². The molecule has 0 unspecified atom stereocenters. The van der Waals surface area contributed by atoms with E-state index in [2.05, 4.69) is 25.5 Å². The fourth-order valence-electron chi connectivity index (χ4n) is 3.95. The van der Waals surface area contributed by atoms with E-state index in [0.29, 0.717) is 39.5 Å². The second-order valence-corrected chi connectivity index (χ2v) is 9.80. The van der Waals surface area contributed by atoms with Crippen LogP contribution in [0.25, 0.3) is 10.9 Å². The molecule has 2 aromatic heterocycles. The normalized spacial score (nSPS) is 13.8. The molecule has 0 bridgehead atoms. The molecule has 0 radical (unpaired) electrons. The van der Waals surface area contributed by atoms with Crippen molar-refractivity contribution in [1.29, 1.82) is 0 Å². The zero-order valence-corrected chi connectivity index (χ0v) is 19.4. The van der Waals surface area contributed by atoms with Crippen molar-refractivity contribution in [3.8, 4) is 5.75 Å². The fourth-order valence-corrected chi connectivity index (χ4v) is 5.39. The summed E-state index contributed by atoms with van der Waals surface area (Å²) < 4.78 is 70.1. The summed E-state index contributed by atoms with van der Waals surface area (Å²) in [7, 11) is -4.57. The Hall–Kier alpha value is -4.13. The number of ether oxygens (including phenoxy) is 1. The Labute approximate surface area is 203 Å². The zero-order chi connectivity index (χ0) is 25.7. The summed E-state index contributed by atoms with van der Waals surface area (Å²) >= 11 is 0. The molecule has 9 nitrogen and oxygen atoms in total. The average Bonchev–Trinajstić information content (AvgIpc) is 3.15. The van der Waals surface area contributed by atoms with Gasteiger partial charge in [0.1, 0.15) is 16.5 Å². The number of alkyl halides is 3. The minimum atomic E-state index is -5.08. The molecule has 0 atom stereocenters. The van der Waals surface area contributed by atoms with Gasteiger partial charge >= 0.3 is 6.36 Å². The number of carbonyl (C=O) groups is 1. The van der Waals surface area contributed by atoms with E-state index in [9.17, 15) is 26.4 Å². The number of aryl methyl sites for hydroxylation is 2. The monoisotopic (exact) mass is 517 g/mol. The van der Waals surface area contributed by atoms with Crippen molar-refractivity contribution in [2.45, 2.75) is 31.0 Å². The third-order valence-electron chi connectivity index (χ3n) is 5.57. The Morgan fingerprint density at radius 1 is 1.11 bits per heavy atom. The van der Waals surface area contributed by atoms with Crippen LogP contribution in [0, 0.1) is 6.92 Å². The van der Waals surface area contributed by atoms with Crippen LogP contribution in [0.3, 0.4) is 0 Å². The van der Waals surface area contributed by atoms with Crippen LogP contribution in [-0.4, -0.2) is 34.9 Å². The Balaban J connectivity index is 1.54. The molecule has 4 aromatic rings. The van der Waals surface area contributed by atoms with Gasteiger partial charge in [-0.15, -0.1) is 13.2 Å². The van der Waals surface area contributed by atoms with E-state index in [1.165, 1.54) is 24.4 Å². The van der Waals surface area contributed by atoms with Crippen LogP contribution in [0.15, 0.2) is 59.6 Å². The number of amides is 1. The van der Waals surface area contributed by atoms with Gasteiger partial charge in [0.05, 0.1) is 11.2 Å². The number of rotatable bonds is 5. The van der Waals surface area contributed by atoms with E-state index < -0.39 is 27.0 Å². The van der Waals surface area contributed by atoms with Crippen LogP contribution in [-0.2, 0) is 21.2 Å². The number of hydrogen-bond acceptors (Lipinski definition) is 7. The average molecular weight is 517 g/mol. The number of carbonyl (C=O) groups excluding carboxylic acids is 1. The number of benzene rings is 2. The van der Waals surface area contributed by atoms with Gasteiger partial charge in [0, 0.05) is 35.4 Å². The van der Waals surface area contributed by atoms with E-state index in [0.717, 1.165) is 23.4 Å². The first-order valence-electron chi connectivity index (χ1n) is 10.7. The highest BCUT2D eigenvalue weighted by Crippen LogP contribution is 2.33. The number of hydrogen-bond donors (Lipinski definition) is 2. The first-order chi connectivity index (χ1) is 17.0. The molecule has 13 heteroatoms. The lowest BCUT2D eigenvalue weighted by molar-refractivity contribution is -0.275. The quantitative estimate of drug-likeness (QED) is 0.400. The van der Waals surface area contributed by atoms with E-state index >= 15 is 0 Å². The van der Waals surface area contributed by atoms with Gasteiger partial charge in [0.15, 0.2) is 0 Å². The molecule has 3 heterocycles. The number of anilines is 3. The second kappa shape index (κ2) is 8.52. The Kier molecular flexibility index (Phi) is 5.58. The highest BCUT2D eigenvalue weighted by atomic mass is 32.2. The molecule has 1 aliphatic heterocycles. The fraction of sp³-hybridized carbons (Fsp3) is 0.174. The molecule has 0 fully saturated rings. The van der Waals surface area contributed by atoms with Gasteiger partial charge in [0.2, 0.25) is 5.91 Å². The Morgan fingerprint density at radius 3 is 2.67 bits per heavy atom. The van der Waals surface area contributed by atoms with E-state index in [-0.39, 0.29) is 11.4 Å². The van der Waals surface area contributed by atoms with E-state index in [1.807, 2.05) is 6.07 Å². The summed E-state index contributed by atoms with van der Waals surface area (Å²) in [5.74, 6) is -0.624. The number of fused-ring (bicyclic) bond motifs is 2. The van der Waals surface area contributed by atoms with Crippen molar-refractivity contribution in [3.63, 3.8) is 0 Å². The maximum absolute atomic E-state index is 13.4. The molecule has 0 spiro atoms. The lowest BCUT2D eigenvalue weighted by atomic mass is 10.0. The highest BCUT2D eigenvalue weighted by molar-refractivity contribution is 7.90. The molecule has 0 saturated heterocycles. The number of aromatic nitrogens is 3. The van der Waals surface area contributed by atoms with Crippen LogP contribution in [0.2, 0.25) is 0 Å². The van der Waals surface area contributed by atoms with Crippen LogP contribution >= 0.6 is 0 Å². The summed E-state index contributed by atoms with van der Waals surface area (Å²) in [6, 6.07) is 11.3. The summed E-state index contributed by atoms with van der Waals surface area (Å²) in [4.78, 5) is 15.2. The summed E-state index contributed by atoms with van der Waals surface area (Å²) in [5, 5.41) is 10.4. The minimum Gasteiger partial charge on any atom is -0.404 e. The molecule has 1 amide bonds. The van der Waals surface area contributed by atoms with Gasteiger partial charge in [-0.05, 0) is 49.2 Å². The SMILES string of the molecule is Cc1nn(S(=O)(=O)c2ccccc2OC(F)(F)F)c2cc(Nc3ccc4c(c3)CCC(=O)N4)ncc12. The first kappa shape index (κ1) is 23.6. The van der Waals surface area contributed by atoms with Crippen LogP contribution in [0.1, 0.15) is 17.7 Å². The van der Waals surface area contributed by atoms with Crippen LogP contribution in [0.4, 0.5) is 30.4 Å². The van der Waals surface area contributed by atoms with Gasteiger partial charge in [-0.3, -0.25) is 4.79 Å². The summed E-state index contributed by atoms with van der Waals surface area (Å²) in [5.41, 5.74) is 2.76. The predicted molar refractivity (Wildman–Crippen MR) is 125 cm³/mol. The maximum Gasteiger partial charge on any atom is 0.573 e. The number of nitrogens with one attached hydrogen (secondary N) is 2. The van der Waals surface area contributed by atoms with Gasteiger partial charge < -0.3 is 15.4 Å². The maximum atomic E-state index is 13.4. The number of halogens is 3. The van der Waals surface area contributed by atoms with Crippen molar-refractivity contribution in [2.24, 2.45) is 0 Å². The highest BCUT2D eigenvalue weighted by Gasteiger charge is 2.35. The largest absolute Gasteiger partial charge is 0.573 e. The first-order valence-corrected chi connectivity index (χ1v) is 12.1. The zero-order valence-electron chi connectivity index (χ0n) is 18.6. The molecular formula is C23H18F3N5O4S. The van der Waals surface area contributed by atoms with Gasteiger partial charge in [-0.1, -0.05) is 12.1 Å². The summed E-state index contributed by atoms with van der Waals surface area (Å²) in [6.45, 7) is 1.57.